The van der Waals surface area contributed by atoms with E-state index in [4.69, 9.17) is 8.85 Å². The minimum absolute atomic E-state index is 0.192. The zero-order valence-corrected chi connectivity index (χ0v) is 9.81. The largest absolute Gasteiger partial charge is 0.397 e. The molecule has 2 nitrogen and oxygen atoms in total. The molecule has 0 aromatic carbocycles. The number of hydrogen-bond donors (Lipinski definition) is 0. The SMILES string of the molecule is CO[Si](OC)(C1CC1)C(C)(C)C. The average molecular weight is 188 g/mol. The molecular formula is C9H20O2Si. The lowest BCUT2D eigenvalue weighted by Gasteiger charge is -2.39. The van der Waals surface area contributed by atoms with Crippen molar-refractivity contribution in [1.29, 1.82) is 0 Å². The monoisotopic (exact) mass is 188 g/mol. The van der Waals surface area contributed by atoms with E-state index < -0.39 is 8.56 Å². The average Bonchev–Trinajstić information content (AvgIpc) is 2.72. The summed E-state index contributed by atoms with van der Waals surface area (Å²) in [4.78, 5) is 0. The van der Waals surface area contributed by atoms with Gasteiger partial charge < -0.3 is 8.85 Å². The Bertz CT molecular complexity index is 154. The molecule has 0 unspecified atom stereocenters. The lowest BCUT2D eigenvalue weighted by molar-refractivity contribution is 0.211. The molecule has 12 heavy (non-hydrogen) atoms. The molecule has 0 spiro atoms. The molecular weight excluding hydrogens is 168 g/mol. The quantitative estimate of drug-likeness (QED) is 0.634. The molecule has 0 bridgehead atoms. The summed E-state index contributed by atoms with van der Waals surface area (Å²) in [6.07, 6.45) is 2.59. The maximum absolute atomic E-state index is 5.69. The molecule has 1 saturated carbocycles. The van der Waals surface area contributed by atoms with Crippen LogP contribution in [0, 0.1) is 0 Å². The third kappa shape index (κ3) is 1.45. The van der Waals surface area contributed by atoms with Crippen LogP contribution in [0.2, 0.25) is 10.6 Å². The molecule has 0 amide bonds. The van der Waals surface area contributed by atoms with Crippen molar-refractivity contribution in [3.63, 3.8) is 0 Å². The second-order valence-electron chi connectivity index (χ2n) is 4.60. The smallest absolute Gasteiger partial charge is 0.346 e. The molecule has 0 saturated heterocycles. The van der Waals surface area contributed by atoms with Crippen molar-refractivity contribution in [3.05, 3.63) is 0 Å². The highest BCUT2D eigenvalue weighted by molar-refractivity contribution is 6.72. The van der Waals surface area contributed by atoms with Gasteiger partial charge >= 0.3 is 8.56 Å². The van der Waals surface area contributed by atoms with Crippen molar-refractivity contribution < 1.29 is 8.85 Å². The second-order valence-corrected chi connectivity index (χ2v) is 9.07. The van der Waals surface area contributed by atoms with Crippen molar-refractivity contribution in [3.8, 4) is 0 Å². The van der Waals surface area contributed by atoms with E-state index in [0.29, 0.717) is 0 Å². The Labute approximate surface area is 76.5 Å². The minimum Gasteiger partial charge on any atom is -0.397 e. The van der Waals surface area contributed by atoms with Gasteiger partial charge in [0.15, 0.2) is 0 Å². The van der Waals surface area contributed by atoms with Crippen molar-refractivity contribution in [2.45, 2.75) is 44.2 Å². The molecule has 0 aromatic heterocycles. The van der Waals surface area contributed by atoms with Gasteiger partial charge in [0.25, 0.3) is 0 Å². The Morgan fingerprint density at radius 2 is 1.50 bits per heavy atom. The summed E-state index contributed by atoms with van der Waals surface area (Å²) in [6, 6.07) is 0. The van der Waals surface area contributed by atoms with Gasteiger partial charge in [0, 0.05) is 24.8 Å². The van der Waals surface area contributed by atoms with Gasteiger partial charge in [-0.3, -0.25) is 0 Å². The van der Waals surface area contributed by atoms with Gasteiger partial charge in [-0.2, -0.15) is 0 Å². The molecule has 0 aliphatic heterocycles. The van der Waals surface area contributed by atoms with Gasteiger partial charge in [-0.05, 0) is 12.8 Å². The van der Waals surface area contributed by atoms with Crippen LogP contribution in [0.25, 0.3) is 0 Å². The lowest BCUT2D eigenvalue weighted by Crippen LogP contribution is -2.49. The predicted molar refractivity (Wildman–Crippen MR) is 52.5 cm³/mol. The first kappa shape index (κ1) is 10.2. The van der Waals surface area contributed by atoms with E-state index in [1.54, 1.807) is 14.2 Å². The fraction of sp³-hybridized carbons (Fsp3) is 1.00. The number of hydrogen-bond acceptors (Lipinski definition) is 2. The highest BCUT2D eigenvalue weighted by Gasteiger charge is 2.58. The Balaban J connectivity index is 2.82. The van der Waals surface area contributed by atoms with Crippen LogP contribution in [0.5, 0.6) is 0 Å². The molecule has 1 fully saturated rings. The van der Waals surface area contributed by atoms with Crippen LogP contribution in [-0.4, -0.2) is 22.8 Å². The first-order valence-electron chi connectivity index (χ1n) is 4.58. The van der Waals surface area contributed by atoms with E-state index in [-0.39, 0.29) is 5.04 Å². The zero-order chi connectivity index (χ0) is 9.41. The first-order chi connectivity index (χ1) is 5.48. The van der Waals surface area contributed by atoms with Crippen molar-refractivity contribution in [1.82, 2.24) is 0 Å². The molecule has 0 aromatic rings. The van der Waals surface area contributed by atoms with Gasteiger partial charge in [0.05, 0.1) is 0 Å². The van der Waals surface area contributed by atoms with E-state index in [1.165, 1.54) is 12.8 Å². The fourth-order valence-electron chi connectivity index (χ4n) is 2.10. The molecule has 0 atom stereocenters. The molecule has 1 rings (SSSR count). The minimum atomic E-state index is -1.91. The predicted octanol–water partition coefficient (Wildman–Crippen LogP) is 2.69. The molecule has 1 aliphatic carbocycles. The lowest BCUT2D eigenvalue weighted by atomic mass is 10.2. The molecule has 0 heterocycles. The standard InChI is InChI=1S/C9H20O2Si/c1-9(2,3)12(10-4,11-5)8-6-7-8/h8H,6-7H2,1-5H3. The van der Waals surface area contributed by atoms with Gasteiger partial charge in [-0.1, -0.05) is 20.8 Å². The van der Waals surface area contributed by atoms with Crippen LogP contribution in [0.1, 0.15) is 33.6 Å². The Kier molecular flexibility index (Phi) is 2.66. The summed E-state index contributed by atoms with van der Waals surface area (Å²) in [5.74, 6) is 0. The normalized spacial score (nSPS) is 19.8. The van der Waals surface area contributed by atoms with Crippen molar-refractivity contribution >= 4 is 8.56 Å². The van der Waals surface area contributed by atoms with Gasteiger partial charge in [0.2, 0.25) is 0 Å². The summed E-state index contributed by atoms with van der Waals surface area (Å²) in [6.45, 7) is 6.68. The first-order valence-corrected chi connectivity index (χ1v) is 6.47. The van der Waals surface area contributed by atoms with E-state index in [1.807, 2.05) is 0 Å². The van der Waals surface area contributed by atoms with Gasteiger partial charge in [-0.25, -0.2) is 0 Å². The third-order valence-corrected chi connectivity index (χ3v) is 7.72. The second kappa shape index (κ2) is 3.12. The third-order valence-electron chi connectivity index (χ3n) is 2.77. The van der Waals surface area contributed by atoms with E-state index >= 15 is 0 Å². The molecule has 1 aliphatic rings. The van der Waals surface area contributed by atoms with Crippen LogP contribution < -0.4 is 0 Å². The molecule has 3 heteroatoms. The topological polar surface area (TPSA) is 18.5 Å². The number of rotatable bonds is 3. The zero-order valence-electron chi connectivity index (χ0n) is 8.81. The van der Waals surface area contributed by atoms with Gasteiger partial charge in [0.1, 0.15) is 0 Å². The molecule has 0 N–H and O–H groups in total. The van der Waals surface area contributed by atoms with Crippen LogP contribution in [0.3, 0.4) is 0 Å². The van der Waals surface area contributed by atoms with Gasteiger partial charge in [-0.15, -0.1) is 0 Å². The van der Waals surface area contributed by atoms with Crippen LogP contribution in [0.15, 0.2) is 0 Å². The summed E-state index contributed by atoms with van der Waals surface area (Å²) >= 11 is 0. The maximum Gasteiger partial charge on any atom is 0.346 e. The highest BCUT2D eigenvalue weighted by Crippen LogP contribution is 2.55. The van der Waals surface area contributed by atoms with E-state index in [2.05, 4.69) is 20.8 Å². The summed E-state index contributed by atoms with van der Waals surface area (Å²) in [5.41, 5.74) is 0.729. The highest BCUT2D eigenvalue weighted by atomic mass is 28.4. The van der Waals surface area contributed by atoms with Crippen LogP contribution >= 0.6 is 0 Å². The van der Waals surface area contributed by atoms with E-state index in [0.717, 1.165) is 5.54 Å². The van der Waals surface area contributed by atoms with Crippen LogP contribution in [-0.2, 0) is 8.85 Å². The Morgan fingerprint density at radius 1 is 1.08 bits per heavy atom. The maximum atomic E-state index is 5.69. The summed E-state index contributed by atoms with van der Waals surface area (Å²) in [7, 11) is 1.70. The van der Waals surface area contributed by atoms with Crippen LogP contribution in [0.4, 0.5) is 0 Å². The van der Waals surface area contributed by atoms with E-state index in [9.17, 15) is 0 Å². The fourth-order valence-corrected chi connectivity index (χ4v) is 6.31. The summed E-state index contributed by atoms with van der Waals surface area (Å²) in [5, 5.41) is 0.192. The Hall–Kier alpha value is 0.137. The van der Waals surface area contributed by atoms with Crippen molar-refractivity contribution in [2.75, 3.05) is 14.2 Å². The molecule has 72 valence electrons. The summed E-state index contributed by atoms with van der Waals surface area (Å²) < 4.78 is 11.4. The Morgan fingerprint density at radius 3 is 1.58 bits per heavy atom. The molecule has 0 radical (unpaired) electrons. The van der Waals surface area contributed by atoms with Crippen molar-refractivity contribution in [2.24, 2.45) is 0 Å².